The number of nitrogens with zero attached hydrogens (tertiary/aromatic N) is 4. The molecule has 1 N–H and O–H groups in total. The molecule has 0 aliphatic carbocycles. The van der Waals surface area contributed by atoms with Gasteiger partial charge in [0.15, 0.2) is 0 Å². The molecule has 1 aliphatic rings. The van der Waals surface area contributed by atoms with E-state index in [0.29, 0.717) is 6.04 Å². The predicted molar refractivity (Wildman–Crippen MR) is 105 cm³/mol. The Kier molecular flexibility index (Phi) is 4.41. The highest BCUT2D eigenvalue weighted by molar-refractivity contribution is 5.95. The monoisotopic (exact) mass is 351 g/mol. The molecule has 0 spiro atoms. The van der Waals surface area contributed by atoms with Crippen molar-refractivity contribution < 1.29 is 4.74 Å². The number of nitrogens with one attached hydrogen (secondary N) is 1. The van der Waals surface area contributed by atoms with Crippen molar-refractivity contribution in [2.75, 3.05) is 30.4 Å². The van der Waals surface area contributed by atoms with Crippen LogP contribution in [0.5, 0.6) is 5.75 Å². The van der Waals surface area contributed by atoms with Crippen LogP contribution in [-0.4, -0.2) is 41.0 Å². The quantitative estimate of drug-likeness (QED) is 0.781. The first-order valence-electron chi connectivity index (χ1n) is 9.08. The van der Waals surface area contributed by atoms with Crippen molar-refractivity contribution in [1.82, 2.24) is 14.8 Å². The zero-order valence-corrected chi connectivity index (χ0v) is 15.6. The maximum absolute atomic E-state index is 5.50. The van der Waals surface area contributed by atoms with Gasteiger partial charge in [0.2, 0.25) is 0 Å². The molecule has 26 heavy (non-hydrogen) atoms. The fraction of sp³-hybridized carbons (Fsp3) is 0.400. The largest absolute Gasteiger partial charge is 0.494 e. The minimum absolute atomic E-state index is 0.389. The Morgan fingerprint density at radius 1 is 1.31 bits per heavy atom. The van der Waals surface area contributed by atoms with Gasteiger partial charge in [-0.2, -0.15) is 5.10 Å². The van der Waals surface area contributed by atoms with Crippen LogP contribution in [0.1, 0.15) is 18.5 Å². The summed E-state index contributed by atoms with van der Waals surface area (Å²) in [5.41, 5.74) is 4.22. The van der Waals surface area contributed by atoms with Gasteiger partial charge in [-0.3, -0.25) is 4.68 Å². The van der Waals surface area contributed by atoms with E-state index in [9.17, 15) is 0 Å². The summed E-state index contributed by atoms with van der Waals surface area (Å²) < 4.78 is 7.36. The van der Waals surface area contributed by atoms with Crippen LogP contribution in [0, 0.1) is 6.92 Å². The third-order valence-electron chi connectivity index (χ3n) is 4.99. The lowest BCUT2D eigenvalue weighted by molar-refractivity contribution is 0.419. The maximum Gasteiger partial charge on any atom is 0.145 e. The standard InChI is InChI=1S/C20H25N5O/c1-14-10-18(17-7-4-8-19(26-3)20(17)22-14)23-15-6-5-9-25(12-15)16-11-21-24(2)13-16/h4,7-8,10-11,13,15H,5-6,9,12H2,1-3H3,(H,22,23). The normalized spacial score (nSPS) is 17.5. The van der Waals surface area contributed by atoms with Crippen LogP contribution in [-0.2, 0) is 7.05 Å². The van der Waals surface area contributed by atoms with Crippen LogP contribution >= 0.6 is 0 Å². The summed E-state index contributed by atoms with van der Waals surface area (Å²) in [6, 6.07) is 8.61. The van der Waals surface area contributed by atoms with Gasteiger partial charge in [-0.1, -0.05) is 12.1 Å². The first-order chi connectivity index (χ1) is 12.6. The summed E-state index contributed by atoms with van der Waals surface area (Å²) in [5, 5.41) is 9.17. The zero-order valence-electron chi connectivity index (χ0n) is 15.6. The Morgan fingerprint density at radius 2 is 2.19 bits per heavy atom. The number of hydrogen-bond donors (Lipinski definition) is 1. The Hall–Kier alpha value is -2.76. The number of pyridine rings is 1. The van der Waals surface area contributed by atoms with E-state index < -0.39 is 0 Å². The Bertz CT molecular complexity index is 920. The number of fused-ring (bicyclic) bond motifs is 1. The van der Waals surface area contributed by atoms with Crippen molar-refractivity contribution in [3.05, 3.63) is 42.4 Å². The highest BCUT2D eigenvalue weighted by Crippen LogP contribution is 2.31. The number of hydrogen-bond acceptors (Lipinski definition) is 5. The average molecular weight is 351 g/mol. The zero-order chi connectivity index (χ0) is 18.1. The molecule has 136 valence electrons. The number of rotatable bonds is 4. The van der Waals surface area contributed by atoms with Crippen molar-refractivity contribution in [3.8, 4) is 5.75 Å². The molecule has 1 saturated heterocycles. The molecule has 6 heteroatoms. The lowest BCUT2D eigenvalue weighted by Gasteiger charge is -2.34. The molecule has 1 aliphatic heterocycles. The van der Waals surface area contributed by atoms with Gasteiger partial charge < -0.3 is 15.0 Å². The maximum atomic E-state index is 5.50. The Morgan fingerprint density at radius 3 is 2.96 bits per heavy atom. The SMILES string of the molecule is COc1cccc2c(NC3CCCN(c4cnn(C)c4)C3)cc(C)nc12. The number of aromatic nitrogens is 3. The number of ether oxygens (including phenoxy) is 1. The summed E-state index contributed by atoms with van der Waals surface area (Å²) in [5.74, 6) is 0.815. The molecule has 1 unspecified atom stereocenters. The summed E-state index contributed by atoms with van der Waals surface area (Å²) in [7, 11) is 3.65. The number of anilines is 2. The van der Waals surface area contributed by atoms with Crippen LogP contribution < -0.4 is 15.0 Å². The minimum atomic E-state index is 0.389. The van der Waals surface area contributed by atoms with Crippen LogP contribution in [0.25, 0.3) is 10.9 Å². The van der Waals surface area contributed by atoms with Gasteiger partial charge in [0, 0.05) is 49.1 Å². The molecule has 4 rings (SSSR count). The number of piperidine rings is 1. The first kappa shape index (κ1) is 16.7. The summed E-state index contributed by atoms with van der Waals surface area (Å²) in [6.07, 6.45) is 6.35. The highest BCUT2D eigenvalue weighted by atomic mass is 16.5. The highest BCUT2D eigenvalue weighted by Gasteiger charge is 2.22. The van der Waals surface area contributed by atoms with E-state index in [-0.39, 0.29) is 0 Å². The summed E-state index contributed by atoms with van der Waals surface area (Å²) in [4.78, 5) is 7.09. The van der Waals surface area contributed by atoms with Gasteiger partial charge in [0.25, 0.3) is 0 Å². The van der Waals surface area contributed by atoms with Gasteiger partial charge in [0.1, 0.15) is 11.3 Å². The Balaban J connectivity index is 1.60. The number of para-hydroxylation sites is 1. The third-order valence-corrected chi connectivity index (χ3v) is 4.99. The van der Waals surface area contributed by atoms with Gasteiger partial charge in [-0.25, -0.2) is 4.98 Å². The van der Waals surface area contributed by atoms with Gasteiger partial charge >= 0.3 is 0 Å². The smallest absolute Gasteiger partial charge is 0.145 e. The molecule has 6 nitrogen and oxygen atoms in total. The molecular weight excluding hydrogens is 326 g/mol. The molecule has 3 aromatic rings. The van der Waals surface area contributed by atoms with Crippen LogP contribution in [0.3, 0.4) is 0 Å². The van der Waals surface area contributed by atoms with E-state index in [1.54, 1.807) is 7.11 Å². The molecule has 0 saturated carbocycles. The second kappa shape index (κ2) is 6.86. The van der Waals surface area contributed by atoms with Gasteiger partial charge in [0.05, 0.1) is 19.0 Å². The van der Waals surface area contributed by atoms with Crippen LogP contribution in [0.2, 0.25) is 0 Å². The average Bonchev–Trinajstić information content (AvgIpc) is 3.08. The number of aryl methyl sites for hydroxylation is 2. The second-order valence-electron chi connectivity index (χ2n) is 6.97. The van der Waals surface area contributed by atoms with E-state index >= 15 is 0 Å². The summed E-state index contributed by atoms with van der Waals surface area (Å²) >= 11 is 0. The van der Waals surface area contributed by atoms with Crippen molar-refractivity contribution in [2.24, 2.45) is 7.05 Å². The third kappa shape index (κ3) is 3.19. The molecule has 1 fully saturated rings. The fourth-order valence-corrected chi connectivity index (χ4v) is 3.76. The fourth-order valence-electron chi connectivity index (χ4n) is 3.76. The number of methoxy groups -OCH3 is 1. The van der Waals surface area contributed by atoms with Crippen molar-refractivity contribution >= 4 is 22.3 Å². The van der Waals surface area contributed by atoms with E-state index in [0.717, 1.165) is 54.0 Å². The molecule has 0 bridgehead atoms. The topological polar surface area (TPSA) is 55.2 Å². The summed E-state index contributed by atoms with van der Waals surface area (Å²) in [6.45, 7) is 4.08. The second-order valence-corrected chi connectivity index (χ2v) is 6.97. The van der Waals surface area contributed by atoms with Crippen LogP contribution in [0.4, 0.5) is 11.4 Å². The molecule has 1 aromatic carbocycles. The van der Waals surface area contributed by atoms with E-state index in [1.165, 1.54) is 5.69 Å². The first-order valence-corrected chi connectivity index (χ1v) is 9.08. The predicted octanol–water partition coefficient (Wildman–Crippen LogP) is 3.37. The molecule has 0 radical (unpaired) electrons. The van der Waals surface area contributed by atoms with Gasteiger partial charge in [-0.05, 0) is 31.9 Å². The molecule has 2 aromatic heterocycles. The lowest BCUT2D eigenvalue weighted by atomic mass is 10.0. The minimum Gasteiger partial charge on any atom is -0.494 e. The molecule has 0 amide bonds. The van der Waals surface area contributed by atoms with Crippen LogP contribution in [0.15, 0.2) is 36.7 Å². The van der Waals surface area contributed by atoms with E-state index in [1.807, 2.05) is 37.0 Å². The van der Waals surface area contributed by atoms with E-state index in [2.05, 4.69) is 38.6 Å². The Labute approximate surface area is 153 Å². The van der Waals surface area contributed by atoms with Crippen molar-refractivity contribution in [1.29, 1.82) is 0 Å². The molecule has 1 atom stereocenters. The van der Waals surface area contributed by atoms with E-state index in [4.69, 9.17) is 4.74 Å². The lowest BCUT2D eigenvalue weighted by Crippen LogP contribution is -2.42. The molecule has 3 heterocycles. The van der Waals surface area contributed by atoms with Crippen molar-refractivity contribution in [3.63, 3.8) is 0 Å². The number of benzene rings is 1. The van der Waals surface area contributed by atoms with Crippen molar-refractivity contribution in [2.45, 2.75) is 25.8 Å². The molecular formula is C20H25N5O. The van der Waals surface area contributed by atoms with Gasteiger partial charge in [-0.15, -0.1) is 0 Å².